The van der Waals surface area contributed by atoms with Crippen molar-refractivity contribution in [2.75, 3.05) is 29.9 Å². The van der Waals surface area contributed by atoms with Gasteiger partial charge in [-0.15, -0.1) is 0 Å². The van der Waals surface area contributed by atoms with Crippen molar-refractivity contribution in [2.24, 2.45) is 11.8 Å². The van der Waals surface area contributed by atoms with E-state index in [0.29, 0.717) is 41.5 Å². The summed E-state index contributed by atoms with van der Waals surface area (Å²) in [4.78, 5) is 45.3. The number of carbonyl (C=O) groups excluding carboxylic acids is 3. The Kier molecular flexibility index (Phi) is 9.88. The predicted octanol–water partition coefficient (Wildman–Crippen LogP) is 5.94. The molecule has 0 bridgehead atoms. The number of halogens is 2. The molecule has 6 atom stereocenters. The summed E-state index contributed by atoms with van der Waals surface area (Å²) in [6, 6.07) is 20.2. The monoisotopic (exact) mass is 732 g/mol. The van der Waals surface area contributed by atoms with Crippen molar-refractivity contribution in [3.8, 4) is 0 Å². The summed E-state index contributed by atoms with van der Waals surface area (Å²) in [5.41, 5.74) is 2.54. The third kappa shape index (κ3) is 6.63. The van der Waals surface area contributed by atoms with Crippen molar-refractivity contribution < 1.29 is 28.3 Å². The van der Waals surface area contributed by atoms with E-state index in [1.807, 2.05) is 55.5 Å². The van der Waals surface area contributed by atoms with Crippen LogP contribution in [0, 0.1) is 11.8 Å². The first-order valence-corrected chi connectivity index (χ1v) is 21.3. The fourth-order valence-corrected chi connectivity index (χ4v) is 11.6. The molecule has 9 nitrogen and oxygen atoms in total. The number of aliphatic hydroxyl groups excluding tert-OH is 1. The molecule has 4 aliphatic rings. The number of hydrogen-bond acceptors (Lipinski definition) is 6. The number of aliphatic hydroxyl groups is 1. The first-order chi connectivity index (χ1) is 24.4. The van der Waals surface area contributed by atoms with Crippen LogP contribution in [0.1, 0.15) is 48.4 Å². The van der Waals surface area contributed by atoms with Gasteiger partial charge >= 0.3 is 0 Å². The van der Waals surface area contributed by atoms with Crippen molar-refractivity contribution >= 4 is 49.1 Å². The SMILES string of the molecule is C[C@@H]1[C@@H]([Si](C)(C)F)[C@H](CC(=O)N2Cc3ccccc3C[C@H]2CO)O[C@@]12C(=O)N(Cc1cccc(NC(=O)C3CCCNC3)c1)c1ccc(Cl)cc12. The molecule has 2 saturated heterocycles. The molecule has 0 radical (unpaired) electrons. The second-order valence-electron chi connectivity index (χ2n) is 15.1. The van der Waals surface area contributed by atoms with E-state index in [-0.39, 0.29) is 43.2 Å². The lowest BCUT2D eigenvalue weighted by Crippen LogP contribution is -2.48. The van der Waals surface area contributed by atoms with Crippen LogP contribution in [-0.4, -0.2) is 68.0 Å². The van der Waals surface area contributed by atoms with Crippen LogP contribution < -0.4 is 15.5 Å². The van der Waals surface area contributed by atoms with Crippen LogP contribution in [0.2, 0.25) is 23.7 Å². The highest BCUT2D eigenvalue weighted by Crippen LogP contribution is 2.60. The van der Waals surface area contributed by atoms with Crippen LogP contribution in [-0.2, 0) is 44.2 Å². The van der Waals surface area contributed by atoms with Gasteiger partial charge in [-0.1, -0.05) is 54.9 Å². The lowest BCUT2D eigenvalue weighted by Gasteiger charge is -2.37. The largest absolute Gasteiger partial charge is 0.394 e. The molecule has 1 unspecified atom stereocenters. The van der Waals surface area contributed by atoms with E-state index in [4.69, 9.17) is 16.3 Å². The second kappa shape index (κ2) is 14.1. The normalized spacial score (nSPS) is 27.4. The topological polar surface area (TPSA) is 111 Å². The van der Waals surface area contributed by atoms with Crippen LogP contribution in [0.5, 0.6) is 0 Å². The molecule has 1 spiro atoms. The van der Waals surface area contributed by atoms with Crippen LogP contribution in [0.4, 0.5) is 15.5 Å². The van der Waals surface area contributed by atoms with Gasteiger partial charge in [-0.05, 0) is 85.9 Å². The van der Waals surface area contributed by atoms with Crippen LogP contribution in [0.15, 0.2) is 66.7 Å². The van der Waals surface area contributed by atoms with Crippen molar-refractivity contribution in [1.29, 1.82) is 0 Å². The van der Waals surface area contributed by atoms with E-state index < -0.39 is 37.6 Å². The molecule has 0 saturated carbocycles. The van der Waals surface area contributed by atoms with E-state index in [1.54, 1.807) is 41.1 Å². The quantitative estimate of drug-likeness (QED) is 0.196. The molecule has 0 aliphatic carbocycles. The molecule has 12 heteroatoms. The number of nitrogens with zero attached hydrogens (tertiary/aromatic N) is 2. The number of benzene rings is 3. The maximum atomic E-state index is 16.5. The Hall–Kier alpha value is -3.61. The number of ether oxygens (including phenoxy) is 1. The van der Waals surface area contributed by atoms with E-state index in [2.05, 4.69) is 10.6 Å². The van der Waals surface area contributed by atoms with Gasteiger partial charge in [0.15, 0.2) is 5.60 Å². The van der Waals surface area contributed by atoms with Gasteiger partial charge in [0.25, 0.3) is 5.91 Å². The Morgan fingerprint density at radius 2 is 1.90 bits per heavy atom. The Labute approximate surface area is 304 Å². The standard InChI is InChI=1S/C39H46ClFN4O5Si/c1-24-36(51(2,3)41)34(19-35(47)44-22-28-10-5-4-9-26(28)17-31(44)23-46)50-39(24)32-18-29(40)13-14-33(32)45(38(39)49)21-25-8-6-12-30(16-25)43-37(48)27-11-7-15-42-20-27/h4-6,8-10,12-14,16,18,24,27,31,34,36,42,46H,7,11,15,17,19-23H2,1-3H3,(H,43,48)/t24-,27?,31+,34+,36-,39+/m1/s1. The van der Waals surface area contributed by atoms with Crippen molar-refractivity contribution in [3.63, 3.8) is 0 Å². The van der Waals surface area contributed by atoms with Gasteiger partial charge < -0.3 is 34.4 Å². The molecule has 3 N–H and O–H groups in total. The molecule has 3 aromatic rings. The fourth-order valence-electron chi connectivity index (χ4n) is 8.96. The molecular formula is C39H46ClFN4O5Si. The van der Waals surface area contributed by atoms with Crippen molar-refractivity contribution in [3.05, 3.63) is 94.0 Å². The highest BCUT2D eigenvalue weighted by Gasteiger charge is 2.67. The summed E-state index contributed by atoms with van der Waals surface area (Å²) in [6.45, 7) is 6.99. The summed E-state index contributed by atoms with van der Waals surface area (Å²) in [7, 11) is -3.54. The van der Waals surface area contributed by atoms with Crippen LogP contribution in [0.3, 0.4) is 0 Å². The maximum Gasteiger partial charge on any atom is 0.264 e. The van der Waals surface area contributed by atoms with Crippen LogP contribution in [0.25, 0.3) is 0 Å². The fraction of sp³-hybridized carbons (Fsp3) is 0.462. The smallest absolute Gasteiger partial charge is 0.264 e. The average Bonchev–Trinajstić information content (AvgIpc) is 3.53. The molecule has 3 aromatic carbocycles. The van der Waals surface area contributed by atoms with E-state index in [9.17, 15) is 19.5 Å². The zero-order chi connectivity index (χ0) is 36.1. The number of carbonyl (C=O) groups is 3. The number of anilines is 2. The lowest BCUT2D eigenvalue weighted by atomic mass is 9.82. The Bertz CT molecular complexity index is 1830. The van der Waals surface area contributed by atoms with E-state index in [0.717, 1.165) is 36.1 Å². The van der Waals surface area contributed by atoms with Gasteiger partial charge in [0.05, 0.1) is 43.3 Å². The summed E-state index contributed by atoms with van der Waals surface area (Å²) < 4.78 is 23.3. The summed E-state index contributed by atoms with van der Waals surface area (Å²) in [5.74, 6) is -1.29. The first kappa shape index (κ1) is 35.8. The Morgan fingerprint density at radius 1 is 1.12 bits per heavy atom. The number of piperidine rings is 1. The zero-order valence-corrected chi connectivity index (χ0v) is 31.1. The van der Waals surface area contributed by atoms with E-state index >= 15 is 4.11 Å². The maximum absolute atomic E-state index is 16.5. The van der Waals surface area contributed by atoms with Gasteiger partial charge in [-0.25, -0.2) is 0 Å². The van der Waals surface area contributed by atoms with Crippen LogP contribution >= 0.6 is 11.6 Å². The molecule has 51 heavy (non-hydrogen) atoms. The minimum atomic E-state index is -3.54. The molecule has 7 rings (SSSR count). The van der Waals surface area contributed by atoms with Gasteiger partial charge in [0, 0.05) is 40.8 Å². The third-order valence-electron chi connectivity index (χ3n) is 11.4. The molecule has 2 fully saturated rings. The Balaban J connectivity index is 1.17. The average molecular weight is 733 g/mol. The summed E-state index contributed by atoms with van der Waals surface area (Å²) in [6.07, 6.45) is 1.34. The number of amides is 3. The third-order valence-corrected chi connectivity index (χ3v) is 14.1. The zero-order valence-electron chi connectivity index (χ0n) is 29.3. The number of nitrogens with one attached hydrogen (secondary N) is 2. The van der Waals surface area contributed by atoms with Gasteiger partial charge in [0.1, 0.15) is 0 Å². The van der Waals surface area contributed by atoms with Crippen molar-refractivity contribution in [1.82, 2.24) is 10.2 Å². The Morgan fingerprint density at radius 3 is 2.63 bits per heavy atom. The number of fused-ring (bicyclic) bond motifs is 3. The first-order valence-electron chi connectivity index (χ1n) is 18.0. The number of hydrogen-bond donors (Lipinski definition) is 3. The van der Waals surface area contributed by atoms with Gasteiger partial charge in [-0.2, -0.15) is 0 Å². The van der Waals surface area contributed by atoms with Gasteiger partial charge in [0.2, 0.25) is 20.2 Å². The van der Waals surface area contributed by atoms with Crippen molar-refractivity contribution in [2.45, 2.75) is 82.1 Å². The molecule has 3 amide bonds. The molecule has 4 aliphatic heterocycles. The summed E-state index contributed by atoms with van der Waals surface area (Å²) >= 11 is 6.56. The molecule has 0 aromatic heterocycles. The van der Waals surface area contributed by atoms with Gasteiger partial charge in [-0.3, -0.25) is 14.4 Å². The molecule has 4 heterocycles. The molecule has 270 valence electrons. The molecular weight excluding hydrogens is 687 g/mol. The number of rotatable bonds is 8. The predicted molar refractivity (Wildman–Crippen MR) is 198 cm³/mol. The lowest BCUT2D eigenvalue weighted by molar-refractivity contribution is -0.151. The van der Waals surface area contributed by atoms with E-state index in [1.165, 1.54) is 0 Å². The highest BCUT2D eigenvalue weighted by molar-refractivity contribution is 6.72. The minimum absolute atomic E-state index is 0.0348. The summed E-state index contributed by atoms with van der Waals surface area (Å²) in [5, 5.41) is 17.0. The minimum Gasteiger partial charge on any atom is -0.394 e. The highest BCUT2D eigenvalue weighted by atomic mass is 35.5. The second-order valence-corrected chi connectivity index (χ2v) is 19.3.